The van der Waals surface area contributed by atoms with E-state index in [-0.39, 0.29) is 11.6 Å². The standard InChI is InChI=1S/C13H15F2N2O/c14-10-4-5-11(15)12(9-10)16-6-2-8-17-7-1-3-13(17)18/h4,9,16H,1-3,6-8H2. The zero-order valence-corrected chi connectivity index (χ0v) is 10.0. The third-order valence-corrected chi connectivity index (χ3v) is 2.95. The van der Waals surface area contributed by atoms with Crippen LogP contribution in [0.1, 0.15) is 19.3 Å². The number of rotatable bonds is 5. The molecule has 0 bridgehead atoms. The average Bonchev–Trinajstić information content (AvgIpc) is 2.75. The van der Waals surface area contributed by atoms with Crippen molar-refractivity contribution in [1.29, 1.82) is 0 Å². The third kappa shape index (κ3) is 3.18. The van der Waals surface area contributed by atoms with Crippen LogP contribution >= 0.6 is 0 Å². The maximum Gasteiger partial charge on any atom is 0.222 e. The lowest BCUT2D eigenvalue weighted by molar-refractivity contribution is -0.127. The number of hydrogen-bond acceptors (Lipinski definition) is 2. The Bertz CT molecular complexity index is 437. The van der Waals surface area contributed by atoms with Crippen molar-refractivity contribution in [3.8, 4) is 0 Å². The second-order valence-electron chi connectivity index (χ2n) is 4.31. The lowest BCUT2D eigenvalue weighted by atomic mass is 10.3. The fourth-order valence-electron chi connectivity index (χ4n) is 2.02. The maximum absolute atomic E-state index is 13.2. The van der Waals surface area contributed by atoms with Gasteiger partial charge in [-0.15, -0.1) is 0 Å². The minimum absolute atomic E-state index is 0.114. The molecule has 2 rings (SSSR count). The van der Waals surface area contributed by atoms with Crippen molar-refractivity contribution in [2.24, 2.45) is 0 Å². The molecule has 0 atom stereocenters. The lowest BCUT2D eigenvalue weighted by Crippen LogP contribution is -2.27. The number of amides is 1. The van der Waals surface area contributed by atoms with E-state index in [9.17, 15) is 13.6 Å². The van der Waals surface area contributed by atoms with Crippen LogP contribution in [0, 0.1) is 17.7 Å². The molecule has 0 unspecified atom stereocenters. The van der Waals surface area contributed by atoms with Crippen molar-refractivity contribution in [2.75, 3.05) is 25.0 Å². The molecule has 1 fully saturated rings. The zero-order chi connectivity index (χ0) is 13.0. The van der Waals surface area contributed by atoms with Crippen LogP contribution in [0.15, 0.2) is 12.1 Å². The van der Waals surface area contributed by atoms with Gasteiger partial charge in [0.15, 0.2) is 5.82 Å². The van der Waals surface area contributed by atoms with Gasteiger partial charge >= 0.3 is 0 Å². The Hall–Kier alpha value is -1.65. The van der Waals surface area contributed by atoms with E-state index >= 15 is 0 Å². The number of nitrogens with one attached hydrogen (secondary N) is 1. The highest BCUT2D eigenvalue weighted by Gasteiger charge is 2.18. The van der Waals surface area contributed by atoms with Crippen LogP contribution in [0.25, 0.3) is 0 Å². The first-order valence-electron chi connectivity index (χ1n) is 6.05. The van der Waals surface area contributed by atoms with E-state index < -0.39 is 11.6 Å². The molecule has 1 N–H and O–H groups in total. The fraction of sp³-hybridized carbons (Fsp3) is 0.462. The normalized spacial score (nSPS) is 15.2. The fourth-order valence-corrected chi connectivity index (χ4v) is 2.02. The van der Waals surface area contributed by atoms with Crippen molar-refractivity contribution < 1.29 is 13.6 Å². The number of benzene rings is 1. The molecule has 3 nitrogen and oxygen atoms in total. The van der Waals surface area contributed by atoms with Gasteiger partial charge in [0.2, 0.25) is 5.91 Å². The summed E-state index contributed by atoms with van der Waals surface area (Å²) in [4.78, 5) is 13.1. The number of likely N-dealkylation sites (tertiary alicyclic amines) is 1. The summed E-state index contributed by atoms with van der Waals surface area (Å²) >= 11 is 0. The topological polar surface area (TPSA) is 32.3 Å². The van der Waals surface area contributed by atoms with Crippen molar-refractivity contribution in [3.63, 3.8) is 0 Å². The summed E-state index contributed by atoms with van der Waals surface area (Å²) < 4.78 is 26.1. The number of nitrogens with zero attached hydrogens (tertiary/aromatic N) is 1. The van der Waals surface area contributed by atoms with E-state index in [4.69, 9.17) is 0 Å². The Morgan fingerprint density at radius 3 is 3.00 bits per heavy atom. The Labute approximate surface area is 105 Å². The molecule has 0 spiro atoms. The molecule has 0 aromatic heterocycles. The molecule has 18 heavy (non-hydrogen) atoms. The third-order valence-electron chi connectivity index (χ3n) is 2.95. The van der Waals surface area contributed by atoms with Gasteiger partial charge in [-0.1, -0.05) is 0 Å². The highest BCUT2D eigenvalue weighted by Crippen LogP contribution is 2.15. The lowest BCUT2D eigenvalue weighted by Gasteiger charge is -2.15. The van der Waals surface area contributed by atoms with Gasteiger partial charge in [0, 0.05) is 32.1 Å². The minimum atomic E-state index is -0.589. The average molecular weight is 253 g/mol. The molecule has 0 aliphatic carbocycles. The second-order valence-corrected chi connectivity index (χ2v) is 4.31. The number of carbonyl (C=O) groups is 1. The molecular weight excluding hydrogens is 238 g/mol. The first-order chi connectivity index (χ1) is 8.66. The molecule has 1 aromatic carbocycles. The van der Waals surface area contributed by atoms with Crippen LogP contribution in [0.4, 0.5) is 14.5 Å². The van der Waals surface area contributed by atoms with E-state index in [0.717, 1.165) is 25.1 Å². The smallest absolute Gasteiger partial charge is 0.222 e. The summed E-state index contributed by atoms with van der Waals surface area (Å²) in [5.74, 6) is -0.928. The van der Waals surface area contributed by atoms with Crippen LogP contribution in [0.2, 0.25) is 0 Å². The van der Waals surface area contributed by atoms with E-state index in [1.807, 2.05) is 0 Å². The van der Waals surface area contributed by atoms with Gasteiger partial charge in [-0.2, -0.15) is 0 Å². The molecule has 0 saturated carbocycles. The molecule has 1 aromatic rings. The highest BCUT2D eigenvalue weighted by atomic mass is 19.1. The van der Waals surface area contributed by atoms with Gasteiger partial charge in [-0.3, -0.25) is 4.79 Å². The molecule has 1 heterocycles. The number of hydrogen-bond donors (Lipinski definition) is 1. The Balaban J connectivity index is 1.75. The molecule has 5 heteroatoms. The molecule has 1 aliphatic heterocycles. The number of carbonyl (C=O) groups excluding carboxylic acids is 1. The molecule has 1 amide bonds. The van der Waals surface area contributed by atoms with Crippen molar-refractivity contribution in [3.05, 3.63) is 29.8 Å². The second kappa shape index (κ2) is 5.80. The van der Waals surface area contributed by atoms with Crippen molar-refractivity contribution >= 4 is 11.6 Å². The van der Waals surface area contributed by atoms with E-state index in [2.05, 4.69) is 11.4 Å². The SMILES string of the molecule is O=C1CCCN1CCCNc1cc(F)c[c]c1F. The molecule has 97 valence electrons. The van der Waals surface area contributed by atoms with Crippen molar-refractivity contribution in [2.45, 2.75) is 19.3 Å². The predicted molar refractivity (Wildman–Crippen MR) is 64.1 cm³/mol. The van der Waals surface area contributed by atoms with Crippen LogP contribution in [-0.4, -0.2) is 30.4 Å². The molecular formula is C13H15F2N2O. The summed E-state index contributed by atoms with van der Waals surface area (Å²) in [7, 11) is 0. The summed E-state index contributed by atoms with van der Waals surface area (Å²) in [6.45, 7) is 1.96. The molecule has 1 aliphatic rings. The first-order valence-corrected chi connectivity index (χ1v) is 6.05. The van der Waals surface area contributed by atoms with E-state index in [1.54, 1.807) is 4.90 Å². The summed E-state index contributed by atoms with van der Waals surface area (Å²) in [5, 5.41) is 2.81. The van der Waals surface area contributed by atoms with Gasteiger partial charge < -0.3 is 10.2 Å². The molecule has 1 radical (unpaired) electrons. The van der Waals surface area contributed by atoms with Gasteiger partial charge in [0.05, 0.1) is 5.69 Å². The highest BCUT2D eigenvalue weighted by molar-refractivity contribution is 5.77. The Morgan fingerprint density at radius 1 is 1.44 bits per heavy atom. The minimum Gasteiger partial charge on any atom is -0.383 e. The Kier molecular flexibility index (Phi) is 4.12. The number of anilines is 1. The monoisotopic (exact) mass is 253 g/mol. The van der Waals surface area contributed by atoms with Gasteiger partial charge in [0.25, 0.3) is 0 Å². The molecule has 1 saturated heterocycles. The quantitative estimate of drug-likeness (QED) is 0.816. The summed E-state index contributed by atoms with van der Waals surface area (Å²) in [6, 6.07) is 4.25. The largest absolute Gasteiger partial charge is 0.383 e. The van der Waals surface area contributed by atoms with Gasteiger partial charge in [-0.25, -0.2) is 8.78 Å². The number of halogens is 2. The van der Waals surface area contributed by atoms with Crippen molar-refractivity contribution in [1.82, 2.24) is 4.90 Å². The van der Waals surface area contributed by atoms with E-state index in [1.165, 1.54) is 0 Å². The van der Waals surface area contributed by atoms with Crippen LogP contribution in [0.5, 0.6) is 0 Å². The van der Waals surface area contributed by atoms with Crippen LogP contribution in [-0.2, 0) is 4.79 Å². The van der Waals surface area contributed by atoms with Crippen LogP contribution in [0.3, 0.4) is 0 Å². The van der Waals surface area contributed by atoms with Gasteiger partial charge in [-0.05, 0) is 25.0 Å². The summed E-state index contributed by atoms with van der Waals surface area (Å²) in [5.41, 5.74) is 0.114. The van der Waals surface area contributed by atoms with Crippen LogP contribution < -0.4 is 5.32 Å². The maximum atomic E-state index is 13.2. The van der Waals surface area contributed by atoms with E-state index in [0.29, 0.717) is 25.9 Å². The van der Waals surface area contributed by atoms with Gasteiger partial charge in [0.1, 0.15) is 5.82 Å². The predicted octanol–water partition coefficient (Wildman–Crippen LogP) is 2.19. The summed E-state index contributed by atoms with van der Waals surface area (Å²) in [6.07, 6.45) is 2.25. The Morgan fingerprint density at radius 2 is 2.28 bits per heavy atom. The first kappa shape index (κ1) is 12.8. The zero-order valence-electron chi connectivity index (χ0n) is 10.0.